The van der Waals surface area contributed by atoms with Gasteiger partial charge < -0.3 is 5.32 Å². The average Bonchev–Trinajstić information content (AvgIpc) is 3.01. The second-order valence-corrected chi connectivity index (χ2v) is 6.65. The van der Waals surface area contributed by atoms with Crippen molar-refractivity contribution in [2.75, 3.05) is 6.54 Å². The molecule has 2 fully saturated rings. The largest absolute Gasteiger partial charge is 0.310 e. The Morgan fingerprint density at radius 3 is 2.84 bits per heavy atom. The molecule has 2 aliphatic rings. The molecule has 0 amide bonds. The van der Waals surface area contributed by atoms with Crippen LogP contribution in [-0.2, 0) is 0 Å². The van der Waals surface area contributed by atoms with E-state index in [1.54, 1.807) is 12.1 Å². The third-order valence-corrected chi connectivity index (χ3v) is 5.32. The maximum atomic E-state index is 13.4. The van der Waals surface area contributed by atoms with Crippen LogP contribution in [0.5, 0.6) is 0 Å². The zero-order valence-electron chi connectivity index (χ0n) is 11.3. The van der Waals surface area contributed by atoms with E-state index in [-0.39, 0.29) is 16.9 Å². The van der Waals surface area contributed by atoms with E-state index in [4.69, 9.17) is 11.6 Å². The molecule has 4 atom stereocenters. The van der Waals surface area contributed by atoms with Crippen molar-refractivity contribution < 1.29 is 4.39 Å². The molecule has 0 heterocycles. The minimum absolute atomic E-state index is 0.186. The first kappa shape index (κ1) is 13.4. The summed E-state index contributed by atoms with van der Waals surface area (Å²) >= 11 is 5.71. The summed E-state index contributed by atoms with van der Waals surface area (Å²) in [5.74, 6) is 2.43. The van der Waals surface area contributed by atoms with E-state index in [1.807, 2.05) is 6.07 Å². The van der Waals surface area contributed by atoms with Gasteiger partial charge in [0.15, 0.2) is 0 Å². The first-order valence-corrected chi connectivity index (χ1v) is 7.69. The Hall–Kier alpha value is -0.600. The zero-order chi connectivity index (χ0) is 13.4. The highest BCUT2D eigenvalue weighted by atomic mass is 35.5. The Bertz CT molecular complexity index is 462. The van der Waals surface area contributed by atoms with Gasteiger partial charge in [0, 0.05) is 6.04 Å². The second kappa shape index (κ2) is 5.41. The Morgan fingerprint density at radius 1 is 1.37 bits per heavy atom. The molecular weight excluding hydrogens is 261 g/mol. The standard InChI is InChI=1S/C16H21ClFN/c1-10(12-4-5-15(17)16(18)8-12)19-9-14-7-11-2-3-13(14)6-11/h4-5,8,10-11,13-14,19H,2-3,6-7,9H2,1H3. The van der Waals surface area contributed by atoms with Gasteiger partial charge in [-0.05, 0) is 68.2 Å². The van der Waals surface area contributed by atoms with Gasteiger partial charge in [0.25, 0.3) is 0 Å². The molecule has 1 N–H and O–H groups in total. The Morgan fingerprint density at radius 2 is 2.21 bits per heavy atom. The number of rotatable bonds is 4. The Labute approximate surface area is 119 Å². The molecule has 2 bridgehead atoms. The van der Waals surface area contributed by atoms with Crippen LogP contribution in [0.2, 0.25) is 5.02 Å². The lowest BCUT2D eigenvalue weighted by Crippen LogP contribution is -2.28. The van der Waals surface area contributed by atoms with Crippen molar-refractivity contribution in [3.63, 3.8) is 0 Å². The van der Waals surface area contributed by atoms with Crippen molar-refractivity contribution in [2.45, 2.75) is 38.6 Å². The van der Waals surface area contributed by atoms with Crippen LogP contribution in [0.25, 0.3) is 0 Å². The maximum absolute atomic E-state index is 13.4. The van der Waals surface area contributed by atoms with Crippen LogP contribution in [0, 0.1) is 23.6 Å². The number of nitrogens with one attached hydrogen (secondary N) is 1. The molecule has 1 aromatic carbocycles. The predicted octanol–water partition coefficient (Wildman–Crippen LogP) is 4.57. The highest BCUT2D eigenvalue weighted by molar-refractivity contribution is 6.30. The highest BCUT2D eigenvalue weighted by Crippen LogP contribution is 2.48. The fraction of sp³-hybridized carbons (Fsp3) is 0.625. The monoisotopic (exact) mass is 281 g/mol. The van der Waals surface area contributed by atoms with E-state index < -0.39 is 0 Å². The minimum atomic E-state index is -0.326. The molecule has 1 aromatic rings. The third kappa shape index (κ3) is 2.80. The van der Waals surface area contributed by atoms with E-state index in [1.165, 1.54) is 25.7 Å². The summed E-state index contributed by atoms with van der Waals surface area (Å²) in [4.78, 5) is 0. The van der Waals surface area contributed by atoms with Crippen LogP contribution in [0.15, 0.2) is 18.2 Å². The molecule has 3 heteroatoms. The average molecular weight is 282 g/mol. The van der Waals surface area contributed by atoms with Crippen LogP contribution >= 0.6 is 11.6 Å². The van der Waals surface area contributed by atoms with E-state index in [0.717, 1.165) is 29.9 Å². The summed E-state index contributed by atoms with van der Waals surface area (Å²) in [6, 6.07) is 5.28. The molecule has 19 heavy (non-hydrogen) atoms. The van der Waals surface area contributed by atoms with Gasteiger partial charge in [0.2, 0.25) is 0 Å². The number of halogens is 2. The topological polar surface area (TPSA) is 12.0 Å². The molecule has 104 valence electrons. The van der Waals surface area contributed by atoms with Gasteiger partial charge >= 0.3 is 0 Å². The summed E-state index contributed by atoms with van der Waals surface area (Å²) < 4.78 is 13.4. The fourth-order valence-electron chi connectivity index (χ4n) is 3.85. The summed E-state index contributed by atoms with van der Waals surface area (Å²) in [5, 5.41) is 3.76. The molecular formula is C16H21ClFN. The summed E-state index contributed by atoms with van der Waals surface area (Å²) in [6.45, 7) is 3.16. The third-order valence-electron chi connectivity index (χ3n) is 5.01. The molecule has 4 unspecified atom stereocenters. The Balaban J connectivity index is 1.56. The number of hydrogen-bond acceptors (Lipinski definition) is 1. The maximum Gasteiger partial charge on any atom is 0.142 e. The first-order chi connectivity index (χ1) is 9.13. The van der Waals surface area contributed by atoms with Crippen molar-refractivity contribution in [3.8, 4) is 0 Å². The van der Waals surface area contributed by atoms with Crippen LogP contribution < -0.4 is 5.32 Å². The first-order valence-electron chi connectivity index (χ1n) is 7.32. The molecule has 0 radical (unpaired) electrons. The zero-order valence-corrected chi connectivity index (χ0v) is 12.1. The molecule has 0 aromatic heterocycles. The van der Waals surface area contributed by atoms with Crippen molar-refractivity contribution in [2.24, 2.45) is 17.8 Å². The van der Waals surface area contributed by atoms with E-state index in [9.17, 15) is 4.39 Å². The number of fused-ring (bicyclic) bond motifs is 2. The summed E-state index contributed by atoms with van der Waals surface area (Å²) in [7, 11) is 0. The SMILES string of the molecule is CC(NCC1CC2CCC1C2)c1ccc(Cl)c(F)c1. The van der Waals surface area contributed by atoms with Crippen LogP contribution in [0.4, 0.5) is 4.39 Å². The van der Waals surface area contributed by atoms with Crippen LogP contribution in [0.3, 0.4) is 0 Å². The number of benzene rings is 1. The van der Waals surface area contributed by atoms with Crippen molar-refractivity contribution in [1.29, 1.82) is 0 Å². The molecule has 2 saturated carbocycles. The smallest absolute Gasteiger partial charge is 0.142 e. The van der Waals surface area contributed by atoms with Crippen molar-refractivity contribution in [3.05, 3.63) is 34.6 Å². The lowest BCUT2D eigenvalue weighted by atomic mass is 9.88. The molecule has 0 saturated heterocycles. The molecule has 0 aliphatic heterocycles. The van der Waals surface area contributed by atoms with Crippen LogP contribution in [-0.4, -0.2) is 6.54 Å². The lowest BCUT2D eigenvalue weighted by Gasteiger charge is -2.24. The summed E-state index contributed by atoms with van der Waals surface area (Å²) in [6.07, 6.45) is 5.69. The molecule has 0 spiro atoms. The molecule has 3 rings (SSSR count). The number of hydrogen-bond donors (Lipinski definition) is 1. The van der Waals surface area contributed by atoms with Gasteiger partial charge in [0.1, 0.15) is 5.82 Å². The predicted molar refractivity (Wildman–Crippen MR) is 76.8 cm³/mol. The van der Waals surface area contributed by atoms with Gasteiger partial charge in [-0.25, -0.2) is 4.39 Å². The van der Waals surface area contributed by atoms with E-state index >= 15 is 0 Å². The van der Waals surface area contributed by atoms with Crippen molar-refractivity contribution in [1.82, 2.24) is 5.32 Å². The fourth-order valence-corrected chi connectivity index (χ4v) is 3.97. The van der Waals surface area contributed by atoms with Crippen molar-refractivity contribution >= 4 is 11.6 Å². The second-order valence-electron chi connectivity index (χ2n) is 6.24. The van der Waals surface area contributed by atoms with Gasteiger partial charge in [-0.1, -0.05) is 24.1 Å². The van der Waals surface area contributed by atoms with E-state index in [0.29, 0.717) is 0 Å². The Kier molecular flexibility index (Phi) is 3.81. The highest BCUT2D eigenvalue weighted by Gasteiger charge is 2.39. The van der Waals surface area contributed by atoms with Gasteiger partial charge in [-0.15, -0.1) is 0 Å². The minimum Gasteiger partial charge on any atom is -0.310 e. The van der Waals surface area contributed by atoms with Gasteiger partial charge in [0.05, 0.1) is 5.02 Å². The van der Waals surface area contributed by atoms with Gasteiger partial charge in [-0.2, -0.15) is 0 Å². The van der Waals surface area contributed by atoms with Crippen LogP contribution in [0.1, 0.15) is 44.2 Å². The lowest BCUT2D eigenvalue weighted by molar-refractivity contribution is 0.309. The molecule has 1 nitrogen and oxygen atoms in total. The van der Waals surface area contributed by atoms with E-state index in [2.05, 4.69) is 12.2 Å². The molecule has 2 aliphatic carbocycles. The summed E-state index contributed by atoms with van der Waals surface area (Å²) in [5.41, 5.74) is 0.977. The normalized spacial score (nSPS) is 30.8. The quantitative estimate of drug-likeness (QED) is 0.853. The van der Waals surface area contributed by atoms with Gasteiger partial charge in [-0.3, -0.25) is 0 Å².